The molecule has 0 aliphatic heterocycles. The number of methoxy groups -OCH3 is 1. The van der Waals surface area contributed by atoms with E-state index in [-0.39, 0.29) is 23.3 Å². The Morgan fingerprint density at radius 3 is 2.76 bits per heavy atom. The van der Waals surface area contributed by atoms with Gasteiger partial charge < -0.3 is 24.9 Å². The summed E-state index contributed by atoms with van der Waals surface area (Å²) in [6, 6.07) is 12.9. The van der Waals surface area contributed by atoms with Crippen LogP contribution in [0.5, 0.6) is 5.75 Å². The van der Waals surface area contributed by atoms with Crippen molar-refractivity contribution in [3.05, 3.63) is 66.3 Å². The van der Waals surface area contributed by atoms with Gasteiger partial charge in [0.25, 0.3) is 0 Å². The minimum absolute atomic E-state index is 0.0440. The predicted octanol–water partition coefficient (Wildman–Crippen LogP) is 4.34. The third-order valence-electron chi connectivity index (χ3n) is 4.01. The van der Waals surface area contributed by atoms with Crippen molar-refractivity contribution in [3.63, 3.8) is 0 Å². The molecule has 0 amide bonds. The van der Waals surface area contributed by atoms with Crippen LogP contribution < -0.4 is 10.6 Å². The molecule has 8 nitrogen and oxygen atoms in total. The van der Waals surface area contributed by atoms with Gasteiger partial charge in [0, 0.05) is 22.8 Å². The lowest BCUT2D eigenvalue weighted by Crippen LogP contribution is -2.03. The average molecular weight is 394 g/mol. The molecule has 0 saturated carbocycles. The zero-order chi connectivity index (χ0) is 20.4. The molecule has 0 radical (unpaired) electrons. The molecule has 0 aliphatic carbocycles. The second-order valence-electron chi connectivity index (χ2n) is 6.05. The van der Waals surface area contributed by atoms with Crippen LogP contribution in [0.4, 0.5) is 27.5 Å². The summed E-state index contributed by atoms with van der Waals surface area (Å²) >= 11 is 0. The van der Waals surface area contributed by atoms with Crippen LogP contribution in [0.2, 0.25) is 0 Å². The Kier molecular flexibility index (Phi) is 4.70. The van der Waals surface area contributed by atoms with Crippen molar-refractivity contribution in [1.29, 1.82) is 0 Å². The first-order valence-electron chi connectivity index (χ1n) is 8.49. The quantitative estimate of drug-likeness (QED) is 0.429. The van der Waals surface area contributed by atoms with Gasteiger partial charge in [-0.3, -0.25) is 0 Å². The zero-order valence-electron chi connectivity index (χ0n) is 15.1. The number of fused-ring (bicyclic) bond motifs is 1. The fourth-order valence-corrected chi connectivity index (χ4v) is 2.69. The van der Waals surface area contributed by atoms with Crippen LogP contribution in [0.1, 0.15) is 10.6 Å². The maximum Gasteiger partial charge on any atom is 0.373 e. The van der Waals surface area contributed by atoms with Gasteiger partial charge in [-0.25, -0.2) is 14.2 Å². The molecule has 0 aliphatic rings. The van der Waals surface area contributed by atoms with Gasteiger partial charge in [0.1, 0.15) is 11.3 Å². The van der Waals surface area contributed by atoms with Crippen molar-refractivity contribution >= 4 is 40.1 Å². The molecule has 0 saturated heterocycles. The van der Waals surface area contributed by atoms with Crippen LogP contribution in [0.3, 0.4) is 0 Å². The standard InChI is InChI=1S/C20H15FN4O4/c1-28-19(27)17-8-11-7-13(5-6-16(11)29-17)24-20-22-10-15(21)18(25-20)23-12-3-2-4-14(26)9-12/h2-10,26H,1H3,(H2,22,23,24,25). The van der Waals surface area contributed by atoms with Gasteiger partial charge in [0.15, 0.2) is 11.6 Å². The molecule has 2 aromatic carbocycles. The van der Waals surface area contributed by atoms with Crippen LogP contribution in [-0.4, -0.2) is 28.2 Å². The molecule has 0 unspecified atom stereocenters. The third-order valence-corrected chi connectivity index (χ3v) is 4.01. The Morgan fingerprint density at radius 2 is 1.97 bits per heavy atom. The van der Waals surface area contributed by atoms with Crippen LogP contribution in [0.25, 0.3) is 11.0 Å². The first-order chi connectivity index (χ1) is 14.0. The maximum absolute atomic E-state index is 14.1. The molecule has 146 valence electrons. The number of carbonyl (C=O) groups is 1. The fourth-order valence-electron chi connectivity index (χ4n) is 2.69. The van der Waals surface area contributed by atoms with E-state index >= 15 is 0 Å². The highest BCUT2D eigenvalue weighted by molar-refractivity contribution is 5.93. The molecule has 0 fully saturated rings. The zero-order valence-corrected chi connectivity index (χ0v) is 15.1. The van der Waals surface area contributed by atoms with Gasteiger partial charge in [-0.1, -0.05) is 6.07 Å². The van der Waals surface area contributed by atoms with Gasteiger partial charge in [-0.2, -0.15) is 4.98 Å². The molecule has 9 heteroatoms. The second kappa shape index (κ2) is 7.47. The number of phenols is 1. The van der Waals surface area contributed by atoms with Crippen molar-refractivity contribution in [2.75, 3.05) is 17.7 Å². The minimum Gasteiger partial charge on any atom is -0.508 e. The lowest BCUT2D eigenvalue weighted by atomic mass is 10.2. The summed E-state index contributed by atoms with van der Waals surface area (Å²) < 4.78 is 24.2. The number of ether oxygens (including phenoxy) is 1. The highest BCUT2D eigenvalue weighted by Crippen LogP contribution is 2.26. The molecule has 2 aromatic heterocycles. The van der Waals surface area contributed by atoms with Crippen molar-refractivity contribution in [1.82, 2.24) is 9.97 Å². The first-order valence-corrected chi connectivity index (χ1v) is 8.49. The fraction of sp³-hybridized carbons (Fsp3) is 0.0500. The molecule has 3 N–H and O–H groups in total. The number of carbonyl (C=O) groups excluding carboxylic acids is 1. The smallest absolute Gasteiger partial charge is 0.373 e. The minimum atomic E-state index is -0.646. The summed E-state index contributed by atoms with van der Waals surface area (Å²) in [6.07, 6.45) is 1.03. The number of aromatic hydroxyl groups is 1. The number of halogens is 1. The summed E-state index contributed by atoms with van der Waals surface area (Å²) in [5, 5.41) is 16.0. The summed E-state index contributed by atoms with van der Waals surface area (Å²) in [6.45, 7) is 0. The molecule has 4 rings (SSSR count). The number of anilines is 4. The number of aromatic nitrogens is 2. The number of nitrogens with one attached hydrogen (secondary N) is 2. The van der Waals surface area contributed by atoms with Gasteiger partial charge in [0.2, 0.25) is 11.7 Å². The number of hydrogen-bond donors (Lipinski definition) is 3. The predicted molar refractivity (Wildman–Crippen MR) is 104 cm³/mol. The SMILES string of the molecule is COC(=O)c1cc2cc(Nc3ncc(F)c(Nc4cccc(O)c4)n3)ccc2o1. The lowest BCUT2D eigenvalue weighted by Gasteiger charge is -2.09. The molecule has 0 spiro atoms. The average Bonchev–Trinajstić information content (AvgIpc) is 3.13. The van der Waals surface area contributed by atoms with Crippen molar-refractivity contribution in [3.8, 4) is 5.75 Å². The van der Waals surface area contributed by atoms with E-state index in [1.54, 1.807) is 36.4 Å². The Morgan fingerprint density at radius 1 is 1.14 bits per heavy atom. The number of furan rings is 1. The van der Waals surface area contributed by atoms with E-state index in [2.05, 4.69) is 25.3 Å². The largest absolute Gasteiger partial charge is 0.508 e. The van der Waals surface area contributed by atoms with E-state index in [1.165, 1.54) is 19.2 Å². The molecule has 0 bridgehead atoms. The maximum atomic E-state index is 14.1. The first kappa shape index (κ1) is 18.2. The molecule has 0 atom stereocenters. The highest BCUT2D eigenvalue weighted by atomic mass is 19.1. The van der Waals surface area contributed by atoms with Crippen LogP contribution in [0, 0.1) is 5.82 Å². The van der Waals surface area contributed by atoms with E-state index in [9.17, 15) is 14.3 Å². The van der Waals surface area contributed by atoms with Crippen molar-refractivity contribution in [2.45, 2.75) is 0 Å². The number of nitrogens with zero attached hydrogens (tertiary/aromatic N) is 2. The number of esters is 1. The van der Waals surface area contributed by atoms with Crippen LogP contribution >= 0.6 is 0 Å². The summed E-state index contributed by atoms with van der Waals surface area (Å²) in [5.41, 5.74) is 1.61. The van der Waals surface area contributed by atoms with Gasteiger partial charge in [-0.05, 0) is 36.4 Å². The second-order valence-corrected chi connectivity index (χ2v) is 6.05. The summed E-state index contributed by atoms with van der Waals surface area (Å²) in [5.74, 6) is -0.972. The van der Waals surface area contributed by atoms with Gasteiger partial charge >= 0.3 is 5.97 Å². The number of hydrogen-bond acceptors (Lipinski definition) is 8. The van der Waals surface area contributed by atoms with E-state index in [0.29, 0.717) is 22.3 Å². The van der Waals surface area contributed by atoms with Crippen molar-refractivity contribution < 1.29 is 23.4 Å². The molecular formula is C20H15FN4O4. The summed E-state index contributed by atoms with van der Waals surface area (Å²) in [4.78, 5) is 19.7. The normalized spacial score (nSPS) is 10.7. The van der Waals surface area contributed by atoms with E-state index in [1.807, 2.05) is 0 Å². The monoisotopic (exact) mass is 394 g/mol. The lowest BCUT2D eigenvalue weighted by molar-refractivity contribution is 0.0567. The molecule has 4 aromatic rings. The van der Waals surface area contributed by atoms with Crippen LogP contribution in [0.15, 0.2) is 59.1 Å². The Labute approximate surface area is 164 Å². The van der Waals surface area contributed by atoms with Crippen LogP contribution in [-0.2, 0) is 4.74 Å². The topological polar surface area (TPSA) is 110 Å². The molecule has 29 heavy (non-hydrogen) atoms. The van der Waals surface area contributed by atoms with E-state index in [0.717, 1.165) is 6.20 Å². The van der Waals surface area contributed by atoms with E-state index in [4.69, 9.17) is 4.42 Å². The highest BCUT2D eigenvalue weighted by Gasteiger charge is 2.13. The number of phenolic OH excluding ortho intramolecular Hbond substituents is 1. The Hall–Kier alpha value is -4.14. The number of benzene rings is 2. The molecule has 2 heterocycles. The summed E-state index contributed by atoms with van der Waals surface area (Å²) in [7, 11) is 1.27. The van der Waals surface area contributed by atoms with Gasteiger partial charge in [-0.15, -0.1) is 0 Å². The number of rotatable bonds is 5. The third kappa shape index (κ3) is 3.93. The van der Waals surface area contributed by atoms with Crippen molar-refractivity contribution in [2.24, 2.45) is 0 Å². The van der Waals surface area contributed by atoms with E-state index < -0.39 is 11.8 Å². The Balaban J connectivity index is 1.58. The Bertz CT molecular complexity index is 1210. The molecular weight excluding hydrogens is 379 g/mol. The van der Waals surface area contributed by atoms with Gasteiger partial charge in [0.05, 0.1) is 13.3 Å².